The quantitative estimate of drug-likeness (QED) is 0.622. The average Bonchev–Trinajstić information content (AvgIpc) is 2.43. The molecular weight excluding hydrogens is 260 g/mol. The Kier molecular flexibility index (Phi) is 5.57. The minimum Gasteiger partial charge on any atom is -0.490 e. The number of benzene rings is 1. The Bertz CT molecular complexity index is 467. The van der Waals surface area contributed by atoms with Gasteiger partial charge in [0.05, 0.1) is 13.2 Å². The molecule has 0 aromatic heterocycles. The summed E-state index contributed by atoms with van der Waals surface area (Å²) in [5.74, 6) is 7.68. The number of ether oxygens (including phenoxy) is 2. The maximum absolute atomic E-state index is 6.02. The van der Waals surface area contributed by atoms with Crippen LogP contribution < -0.4 is 4.74 Å². The topological polar surface area (TPSA) is 18.5 Å². The molecule has 1 heterocycles. The molecule has 1 fully saturated rings. The average molecular weight is 279 g/mol. The summed E-state index contributed by atoms with van der Waals surface area (Å²) in [5.41, 5.74) is 2.14. The first-order valence-corrected chi connectivity index (χ1v) is 7.23. The molecule has 0 unspecified atom stereocenters. The molecule has 2 rings (SSSR count). The molecule has 0 N–H and O–H groups in total. The van der Waals surface area contributed by atoms with E-state index in [2.05, 4.69) is 24.8 Å². The fraction of sp³-hybridized carbons (Fsp3) is 0.500. The molecule has 1 aromatic rings. The highest BCUT2D eigenvalue weighted by atomic mass is 35.5. The van der Waals surface area contributed by atoms with Crippen molar-refractivity contribution in [3.05, 3.63) is 29.3 Å². The van der Waals surface area contributed by atoms with E-state index in [-0.39, 0.29) is 6.10 Å². The zero-order valence-electron chi connectivity index (χ0n) is 11.2. The third-order valence-corrected chi connectivity index (χ3v) is 3.28. The maximum atomic E-state index is 6.02. The monoisotopic (exact) mass is 278 g/mol. The normalized spacial score (nSPS) is 15.7. The van der Waals surface area contributed by atoms with Gasteiger partial charge in [0, 0.05) is 30.7 Å². The minimum absolute atomic E-state index is 0.278. The van der Waals surface area contributed by atoms with Crippen LogP contribution in [0.4, 0.5) is 0 Å². The maximum Gasteiger partial charge on any atom is 0.122 e. The first-order valence-electron chi connectivity index (χ1n) is 6.69. The Balaban J connectivity index is 2.00. The number of rotatable bonds is 3. The molecule has 0 aliphatic carbocycles. The van der Waals surface area contributed by atoms with Gasteiger partial charge < -0.3 is 9.47 Å². The predicted molar refractivity (Wildman–Crippen MR) is 77.9 cm³/mol. The summed E-state index contributed by atoms with van der Waals surface area (Å²) in [6.45, 7) is 3.65. The van der Waals surface area contributed by atoms with Gasteiger partial charge in [-0.2, -0.15) is 0 Å². The second-order valence-electron chi connectivity index (χ2n) is 4.65. The SMILES string of the molecule is Cc1cc(C#CCCCl)ccc1OC1CCOCC1. The summed E-state index contributed by atoms with van der Waals surface area (Å²) in [6, 6.07) is 6.08. The van der Waals surface area contributed by atoms with Gasteiger partial charge in [0.2, 0.25) is 0 Å². The Hall–Kier alpha value is -1.17. The van der Waals surface area contributed by atoms with Crippen molar-refractivity contribution in [2.24, 2.45) is 0 Å². The van der Waals surface area contributed by atoms with E-state index in [4.69, 9.17) is 21.1 Å². The fourth-order valence-corrected chi connectivity index (χ4v) is 2.14. The lowest BCUT2D eigenvalue weighted by Gasteiger charge is -2.24. The highest BCUT2D eigenvalue weighted by Crippen LogP contribution is 2.23. The third-order valence-electron chi connectivity index (χ3n) is 3.09. The molecule has 102 valence electrons. The largest absolute Gasteiger partial charge is 0.490 e. The Morgan fingerprint density at radius 3 is 2.84 bits per heavy atom. The Morgan fingerprint density at radius 2 is 2.16 bits per heavy atom. The van der Waals surface area contributed by atoms with E-state index in [0.29, 0.717) is 5.88 Å². The zero-order chi connectivity index (χ0) is 13.5. The van der Waals surface area contributed by atoms with Gasteiger partial charge in [-0.1, -0.05) is 11.8 Å². The summed E-state index contributed by atoms with van der Waals surface area (Å²) < 4.78 is 11.4. The third kappa shape index (κ3) is 4.45. The Morgan fingerprint density at radius 1 is 1.37 bits per heavy atom. The van der Waals surface area contributed by atoms with Crippen LogP contribution in [0.3, 0.4) is 0 Å². The van der Waals surface area contributed by atoms with Crippen molar-refractivity contribution in [2.75, 3.05) is 19.1 Å². The molecule has 1 aliphatic rings. The number of hydrogen-bond donors (Lipinski definition) is 0. The van der Waals surface area contributed by atoms with E-state index in [0.717, 1.165) is 49.4 Å². The fourth-order valence-electron chi connectivity index (χ4n) is 2.04. The summed E-state index contributed by atoms with van der Waals surface area (Å²) >= 11 is 5.60. The molecule has 0 saturated carbocycles. The first kappa shape index (κ1) is 14.2. The number of halogens is 1. The van der Waals surface area contributed by atoms with E-state index in [1.165, 1.54) is 0 Å². The van der Waals surface area contributed by atoms with E-state index in [9.17, 15) is 0 Å². The van der Waals surface area contributed by atoms with Crippen molar-refractivity contribution in [3.63, 3.8) is 0 Å². The lowest BCUT2D eigenvalue weighted by molar-refractivity contribution is 0.0253. The van der Waals surface area contributed by atoms with Crippen LogP contribution in [-0.2, 0) is 4.74 Å². The van der Waals surface area contributed by atoms with Gasteiger partial charge in [0.1, 0.15) is 11.9 Å². The predicted octanol–water partition coefficient (Wildman–Crippen LogP) is 3.53. The van der Waals surface area contributed by atoms with Crippen LogP contribution in [-0.4, -0.2) is 25.2 Å². The van der Waals surface area contributed by atoms with Gasteiger partial charge in [-0.25, -0.2) is 0 Å². The summed E-state index contributed by atoms with van der Waals surface area (Å²) in [4.78, 5) is 0. The summed E-state index contributed by atoms with van der Waals surface area (Å²) in [5, 5.41) is 0. The van der Waals surface area contributed by atoms with E-state index >= 15 is 0 Å². The van der Waals surface area contributed by atoms with Crippen molar-refractivity contribution >= 4 is 11.6 Å². The smallest absolute Gasteiger partial charge is 0.122 e. The van der Waals surface area contributed by atoms with Gasteiger partial charge in [0.15, 0.2) is 0 Å². The molecule has 2 nitrogen and oxygen atoms in total. The standard InChI is InChI=1S/C16H19ClO2/c1-13-12-14(4-2-3-9-17)5-6-16(13)19-15-7-10-18-11-8-15/h5-6,12,15H,3,7-11H2,1H3. The van der Waals surface area contributed by atoms with E-state index in [1.54, 1.807) is 0 Å². The minimum atomic E-state index is 0.278. The van der Waals surface area contributed by atoms with Gasteiger partial charge >= 0.3 is 0 Å². The zero-order valence-corrected chi connectivity index (χ0v) is 12.0. The lowest BCUT2D eigenvalue weighted by atomic mass is 10.1. The molecule has 3 heteroatoms. The summed E-state index contributed by atoms with van der Waals surface area (Å²) in [6.07, 6.45) is 2.94. The van der Waals surface area contributed by atoms with Crippen molar-refractivity contribution in [3.8, 4) is 17.6 Å². The highest BCUT2D eigenvalue weighted by Gasteiger charge is 2.15. The molecule has 0 radical (unpaired) electrons. The van der Waals surface area contributed by atoms with Crippen molar-refractivity contribution < 1.29 is 9.47 Å². The molecule has 0 amide bonds. The lowest BCUT2D eigenvalue weighted by Crippen LogP contribution is -2.26. The molecular formula is C16H19ClO2. The van der Waals surface area contributed by atoms with Crippen molar-refractivity contribution in [1.29, 1.82) is 0 Å². The molecule has 0 spiro atoms. The second kappa shape index (κ2) is 7.43. The molecule has 1 aromatic carbocycles. The second-order valence-corrected chi connectivity index (χ2v) is 5.03. The molecule has 1 aliphatic heterocycles. The van der Waals surface area contributed by atoms with Gasteiger partial charge in [-0.05, 0) is 30.7 Å². The van der Waals surface area contributed by atoms with Crippen molar-refractivity contribution in [2.45, 2.75) is 32.3 Å². The molecule has 0 atom stereocenters. The molecule has 0 bridgehead atoms. The van der Waals surface area contributed by atoms with E-state index < -0.39 is 0 Å². The van der Waals surface area contributed by atoms with Crippen LogP contribution in [0.2, 0.25) is 0 Å². The van der Waals surface area contributed by atoms with Gasteiger partial charge in [-0.3, -0.25) is 0 Å². The first-order chi connectivity index (χ1) is 9.29. The van der Waals surface area contributed by atoms with Crippen molar-refractivity contribution in [1.82, 2.24) is 0 Å². The number of aryl methyl sites for hydroxylation is 1. The highest BCUT2D eigenvalue weighted by molar-refractivity contribution is 6.18. The Labute approximate surface area is 120 Å². The number of hydrogen-bond acceptors (Lipinski definition) is 2. The molecule has 1 saturated heterocycles. The summed E-state index contributed by atoms with van der Waals surface area (Å²) in [7, 11) is 0. The van der Waals surface area contributed by atoms with E-state index in [1.807, 2.05) is 12.1 Å². The molecule has 19 heavy (non-hydrogen) atoms. The van der Waals surface area contributed by atoms with Crippen LogP contribution >= 0.6 is 11.6 Å². The van der Waals surface area contributed by atoms with Crippen LogP contribution in [0.1, 0.15) is 30.4 Å². The van der Waals surface area contributed by atoms with Crippen LogP contribution in [0.25, 0.3) is 0 Å². The van der Waals surface area contributed by atoms with Crippen LogP contribution in [0, 0.1) is 18.8 Å². The van der Waals surface area contributed by atoms with Crippen LogP contribution in [0.5, 0.6) is 5.75 Å². The van der Waals surface area contributed by atoms with Crippen LogP contribution in [0.15, 0.2) is 18.2 Å². The van der Waals surface area contributed by atoms with Gasteiger partial charge in [-0.15, -0.1) is 11.6 Å². The number of alkyl halides is 1. The van der Waals surface area contributed by atoms with Gasteiger partial charge in [0.25, 0.3) is 0 Å².